The predicted octanol–water partition coefficient (Wildman–Crippen LogP) is 1.82. The van der Waals surface area contributed by atoms with Gasteiger partial charge in [-0.05, 0) is 25.3 Å². The van der Waals surface area contributed by atoms with Crippen LogP contribution in [0.25, 0.3) is 0 Å². The lowest BCUT2D eigenvalue weighted by atomic mass is 10.2. The van der Waals surface area contributed by atoms with Gasteiger partial charge in [0, 0.05) is 18.9 Å². The number of unbranched alkanes of at least 4 members (excludes halogenated alkanes) is 2. The van der Waals surface area contributed by atoms with Gasteiger partial charge in [0.2, 0.25) is 0 Å². The van der Waals surface area contributed by atoms with E-state index < -0.39 is 4.92 Å². The van der Waals surface area contributed by atoms with Gasteiger partial charge in [0.1, 0.15) is 0 Å². The van der Waals surface area contributed by atoms with Gasteiger partial charge >= 0.3 is 5.69 Å². The largest absolute Gasteiger partial charge is 0.487 e. The third-order valence-corrected chi connectivity index (χ3v) is 3.80. The summed E-state index contributed by atoms with van der Waals surface area (Å²) in [6, 6.07) is 6.56. The van der Waals surface area contributed by atoms with E-state index in [2.05, 4.69) is 0 Å². The third kappa shape index (κ3) is 4.49. The average molecular weight is 279 g/mol. The number of quaternary nitrogens is 1. The highest BCUT2D eigenvalue weighted by Gasteiger charge is 2.15. The molecule has 1 heterocycles. The topological polar surface area (TPSA) is 56.8 Å². The molecular weight excluding hydrogens is 256 g/mol. The Morgan fingerprint density at radius 2 is 1.90 bits per heavy atom. The van der Waals surface area contributed by atoms with Gasteiger partial charge < -0.3 is 9.64 Å². The van der Waals surface area contributed by atoms with Gasteiger partial charge in [-0.3, -0.25) is 10.1 Å². The molecule has 5 nitrogen and oxygen atoms in total. The lowest BCUT2D eigenvalue weighted by Gasteiger charge is -2.11. The van der Waals surface area contributed by atoms with Gasteiger partial charge in [0.25, 0.3) is 0 Å². The van der Waals surface area contributed by atoms with Crippen LogP contribution in [0, 0.1) is 10.1 Å². The van der Waals surface area contributed by atoms with E-state index in [4.69, 9.17) is 4.74 Å². The highest BCUT2D eigenvalue weighted by molar-refractivity contribution is 5.45. The molecule has 110 valence electrons. The van der Waals surface area contributed by atoms with Gasteiger partial charge in [-0.25, -0.2) is 0 Å². The normalized spacial score (nSPS) is 15.4. The smallest absolute Gasteiger partial charge is 0.310 e. The Morgan fingerprint density at radius 3 is 2.65 bits per heavy atom. The van der Waals surface area contributed by atoms with Crippen LogP contribution in [0.2, 0.25) is 0 Å². The minimum Gasteiger partial charge on any atom is -0.487 e. The van der Waals surface area contributed by atoms with E-state index in [1.807, 2.05) is 0 Å². The van der Waals surface area contributed by atoms with E-state index in [0.717, 1.165) is 12.8 Å². The Balaban J connectivity index is 1.62. The van der Waals surface area contributed by atoms with Crippen molar-refractivity contribution in [2.75, 3.05) is 26.2 Å². The molecule has 0 saturated carbocycles. The zero-order valence-corrected chi connectivity index (χ0v) is 11.8. The molecule has 0 bridgehead atoms. The Labute approximate surface area is 119 Å². The van der Waals surface area contributed by atoms with Gasteiger partial charge in [-0.15, -0.1) is 0 Å². The standard InChI is InChI=1S/C15H22N2O3/c18-17(19)14-8-2-3-9-15(14)20-13-7-1-4-10-16-11-5-6-12-16/h2-3,8-9H,1,4-7,10-13H2/p+1. The zero-order chi connectivity index (χ0) is 14.2. The molecule has 1 aromatic carbocycles. The number of rotatable bonds is 8. The number of hydrogen-bond acceptors (Lipinski definition) is 3. The maximum Gasteiger partial charge on any atom is 0.310 e. The maximum absolute atomic E-state index is 10.8. The van der Waals surface area contributed by atoms with Crippen molar-refractivity contribution in [3.8, 4) is 5.75 Å². The summed E-state index contributed by atoms with van der Waals surface area (Å²) in [5.41, 5.74) is 0.0500. The number of nitrogens with zero attached hydrogens (tertiary/aromatic N) is 1. The first kappa shape index (κ1) is 14.8. The van der Waals surface area contributed by atoms with Crippen molar-refractivity contribution >= 4 is 5.69 Å². The Bertz CT molecular complexity index is 431. The Hall–Kier alpha value is -1.62. The van der Waals surface area contributed by atoms with Crippen molar-refractivity contribution in [2.45, 2.75) is 32.1 Å². The molecule has 1 aromatic rings. The van der Waals surface area contributed by atoms with Crippen molar-refractivity contribution in [1.82, 2.24) is 0 Å². The molecular formula is C15H23N2O3+. The van der Waals surface area contributed by atoms with Crippen LogP contribution in [0.4, 0.5) is 5.69 Å². The van der Waals surface area contributed by atoms with Crippen LogP contribution in [0.1, 0.15) is 32.1 Å². The fraction of sp³-hybridized carbons (Fsp3) is 0.600. The maximum atomic E-state index is 10.8. The molecule has 1 aliphatic rings. The minimum atomic E-state index is -0.397. The molecule has 0 aromatic heterocycles. The number of likely N-dealkylation sites (tertiary alicyclic amines) is 1. The van der Waals surface area contributed by atoms with Crippen LogP contribution in [-0.4, -0.2) is 31.2 Å². The second-order valence-electron chi connectivity index (χ2n) is 5.34. The molecule has 0 amide bonds. The van der Waals surface area contributed by atoms with Crippen LogP contribution in [0.3, 0.4) is 0 Å². The van der Waals surface area contributed by atoms with Crippen molar-refractivity contribution in [1.29, 1.82) is 0 Å². The first-order chi connectivity index (χ1) is 9.77. The fourth-order valence-electron chi connectivity index (χ4n) is 2.69. The molecule has 1 N–H and O–H groups in total. The summed E-state index contributed by atoms with van der Waals surface area (Å²) in [5, 5.41) is 10.8. The Morgan fingerprint density at radius 1 is 1.15 bits per heavy atom. The highest BCUT2D eigenvalue weighted by atomic mass is 16.6. The molecule has 1 fully saturated rings. The first-order valence-corrected chi connectivity index (χ1v) is 7.47. The summed E-state index contributed by atoms with van der Waals surface area (Å²) in [6.45, 7) is 4.46. The van der Waals surface area contributed by atoms with Crippen LogP contribution in [0.5, 0.6) is 5.75 Å². The van der Waals surface area contributed by atoms with Crippen LogP contribution in [-0.2, 0) is 0 Å². The number of nitro benzene ring substituents is 1. The van der Waals surface area contributed by atoms with E-state index in [-0.39, 0.29) is 5.69 Å². The molecule has 20 heavy (non-hydrogen) atoms. The number of ether oxygens (including phenoxy) is 1. The number of hydrogen-bond donors (Lipinski definition) is 1. The van der Waals surface area contributed by atoms with E-state index in [0.29, 0.717) is 12.4 Å². The number of nitrogens with one attached hydrogen (secondary N) is 1. The first-order valence-electron chi connectivity index (χ1n) is 7.47. The van der Waals surface area contributed by atoms with Gasteiger partial charge in [-0.2, -0.15) is 0 Å². The van der Waals surface area contributed by atoms with Crippen molar-refractivity contribution < 1.29 is 14.6 Å². The predicted molar refractivity (Wildman–Crippen MR) is 77.2 cm³/mol. The second kappa shape index (κ2) is 7.85. The SMILES string of the molecule is O=[N+]([O-])c1ccccc1OCCCCC[NH+]1CCCC1. The van der Waals surface area contributed by atoms with Gasteiger partial charge in [-0.1, -0.05) is 12.1 Å². The number of nitro groups is 1. The van der Waals surface area contributed by atoms with Crippen LogP contribution in [0.15, 0.2) is 24.3 Å². The fourth-order valence-corrected chi connectivity index (χ4v) is 2.69. The van der Waals surface area contributed by atoms with Crippen molar-refractivity contribution in [2.24, 2.45) is 0 Å². The van der Waals surface area contributed by atoms with Gasteiger partial charge in [0.05, 0.1) is 31.2 Å². The molecule has 0 unspecified atom stereocenters. The van der Waals surface area contributed by atoms with Crippen molar-refractivity contribution in [3.05, 3.63) is 34.4 Å². The molecule has 2 rings (SSSR count). The summed E-state index contributed by atoms with van der Waals surface area (Å²) in [7, 11) is 0. The van der Waals surface area contributed by atoms with Crippen LogP contribution < -0.4 is 9.64 Å². The second-order valence-corrected chi connectivity index (χ2v) is 5.34. The Kier molecular flexibility index (Phi) is 5.80. The summed E-state index contributed by atoms with van der Waals surface area (Å²) in [6.07, 6.45) is 6.05. The van der Waals surface area contributed by atoms with Crippen LogP contribution >= 0.6 is 0 Å². The summed E-state index contributed by atoms with van der Waals surface area (Å²) in [4.78, 5) is 12.2. The number of benzene rings is 1. The molecule has 0 atom stereocenters. The van der Waals surface area contributed by atoms with Gasteiger partial charge in [0.15, 0.2) is 5.75 Å². The molecule has 1 saturated heterocycles. The summed E-state index contributed by atoms with van der Waals surface area (Å²) < 4.78 is 5.52. The molecule has 0 spiro atoms. The van der Waals surface area contributed by atoms with E-state index in [1.165, 1.54) is 45.0 Å². The summed E-state index contributed by atoms with van der Waals surface area (Å²) >= 11 is 0. The lowest BCUT2D eigenvalue weighted by Crippen LogP contribution is -3.09. The monoisotopic (exact) mass is 279 g/mol. The zero-order valence-electron chi connectivity index (χ0n) is 11.8. The molecule has 0 radical (unpaired) electrons. The quantitative estimate of drug-likeness (QED) is 0.448. The summed E-state index contributed by atoms with van der Waals surface area (Å²) in [5.74, 6) is 0.377. The molecule has 5 heteroatoms. The minimum absolute atomic E-state index is 0.0500. The third-order valence-electron chi connectivity index (χ3n) is 3.80. The lowest BCUT2D eigenvalue weighted by molar-refractivity contribution is -0.887. The van der Waals surface area contributed by atoms with E-state index >= 15 is 0 Å². The number of para-hydroxylation sites is 2. The van der Waals surface area contributed by atoms with E-state index in [9.17, 15) is 10.1 Å². The average Bonchev–Trinajstić information content (AvgIpc) is 2.96. The van der Waals surface area contributed by atoms with Crippen molar-refractivity contribution in [3.63, 3.8) is 0 Å². The molecule has 1 aliphatic heterocycles. The van der Waals surface area contributed by atoms with E-state index in [1.54, 1.807) is 23.1 Å². The highest BCUT2D eigenvalue weighted by Crippen LogP contribution is 2.25. The molecule has 0 aliphatic carbocycles.